The highest BCUT2D eigenvalue weighted by Crippen LogP contribution is 2.11. The van der Waals surface area contributed by atoms with Crippen LogP contribution < -0.4 is 0 Å². The number of urea groups is 1. The maximum atomic E-state index is 12.4. The van der Waals surface area contributed by atoms with Gasteiger partial charge in [-0.2, -0.15) is 0 Å². The molecule has 1 aromatic rings. The Morgan fingerprint density at radius 3 is 2.00 bits per heavy atom. The summed E-state index contributed by atoms with van der Waals surface area (Å²) in [5.41, 5.74) is 0.465. The van der Waals surface area contributed by atoms with E-state index in [1.54, 1.807) is 29.2 Å². The van der Waals surface area contributed by atoms with Crippen molar-refractivity contribution < 1.29 is 9.59 Å². The van der Waals surface area contributed by atoms with Crippen LogP contribution in [0, 0.1) is 0 Å². The number of amides is 3. The molecule has 116 valence electrons. The van der Waals surface area contributed by atoms with Crippen molar-refractivity contribution in [2.24, 2.45) is 0 Å². The molecule has 0 aliphatic carbocycles. The zero-order valence-electron chi connectivity index (χ0n) is 12.8. The molecule has 0 N–H and O–H groups in total. The maximum absolute atomic E-state index is 12.4. The Hall–Kier alpha value is -1.49. The fraction of sp³-hybridized carbons (Fsp3) is 0.500. The molecule has 3 amide bonds. The molecule has 0 spiro atoms. The van der Waals surface area contributed by atoms with Gasteiger partial charge in [-0.1, -0.05) is 57.7 Å². The average Bonchev–Trinajstić information content (AvgIpc) is 2.54. The Morgan fingerprint density at radius 1 is 1.00 bits per heavy atom. The summed E-state index contributed by atoms with van der Waals surface area (Å²) < 4.78 is 0.917. The maximum Gasteiger partial charge on any atom is 0.337 e. The molecular formula is C16H24N2O2S. The van der Waals surface area contributed by atoms with Gasteiger partial charge < -0.3 is 4.90 Å². The molecule has 21 heavy (non-hydrogen) atoms. The van der Waals surface area contributed by atoms with Crippen molar-refractivity contribution in [2.45, 2.75) is 39.5 Å². The van der Waals surface area contributed by atoms with E-state index in [0.29, 0.717) is 18.7 Å². The van der Waals surface area contributed by atoms with Crippen LogP contribution in [0.3, 0.4) is 0 Å². The molecule has 0 radical (unpaired) electrons. The summed E-state index contributed by atoms with van der Waals surface area (Å²) in [4.78, 5) is 26.4. The van der Waals surface area contributed by atoms with Crippen LogP contribution in [-0.4, -0.2) is 34.2 Å². The van der Waals surface area contributed by atoms with Gasteiger partial charge >= 0.3 is 6.03 Å². The van der Waals surface area contributed by atoms with Crippen LogP contribution >= 0.6 is 12.8 Å². The van der Waals surface area contributed by atoms with Gasteiger partial charge in [0.05, 0.1) is 0 Å². The Balaban J connectivity index is 2.74. The number of carbonyl (C=O) groups excluding carboxylic acids is 2. The van der Waals surface area contributed by atoms with Gasteiger partial charge in [0.15, 0.2) is 0 Å². The molecule has 0 saturated heterocycles. The molecule has 0 saturated carbocycles. The number of hydrogen-bond acceptors (Lipinski definition) is 3. The van der Waals surface area contributed by atoms with Crippen LogP contribution in [0.5, 0.6) is 0 Å². The van der Waals surface area contributed by atoms with Crippen molar-refractivity contribution in [1.29, 1.82) is 0 Å². The van der Waals surface area contributed by atoms with Crippen LogP contribution in [-0.2, 0) is 0 Å². The monoisotopic (exact) mass is 308 g/mol. The topological polar surface area (TPSA) is 40.6 Å². The number of thiol groups is 1. The van der Waals surface area contributed by atoms with Gasteiger partial charge in [0.2, 0.25) is 0 Å². The first-order chi connectivity index (χ1) is 10.1. The van der Waals surface area contributed by atoms with Crippen molar-refractivity contribution in [2.75, 3.05) is 13.1 Å². The number of carbonyl (C=O) groups is 2. The van der Waals surface area contributed by atoms with Gasteiger partial charge in [0.25, 0.3) is 5.91 Å². The van der Waals surface area contributed by atoms with Gasteiger partial charge in [0.1, 0.15) is 0 Å². The third-order valence-electron chi connectivity index (χ3n) is 3.23. The van der Waals surface area contributed by atoms with E-state index in [1.165, 1.54) is 0 Å². The van der Waals surface area contributed by atoms with Crippen molar-refractivity contribution in [3.05, 3.63) is 35.9 Å². The van der Waals surface area contributed by atoms with Crippen molar-refractivity contribution in [3.63, 3.8) is 0 Å². The predicted molar refractivity (Wildman–Crippen MR) is 88.4 cm³/mol. The zero-order valence-corrected chi connectivity index (χ0v) is 13.7. The van der Waals surface area contributed by atoms with Crippen LogP contribution in [0.25, 0.3) is 0 Å². The van der Waals surface area contributed by atoms with E-state index in [4.69, 9.17) is 0 Å². The highest BCUT2D eigenvalue weighted by Gasteiger charge is 2.24. The minimum atomic E-state index is -0.387. The first-order valence-electron chi connectivity index (χ1n) is 7.49. The lowest BCUT2D eigenvalue weighted by Crippen LogP contribution is -2.42. The fourth-order valence-electron chi connectivity index (χ4n) is 1.92. The minimum absolute atomic E-state index is 0.339. The number of unbranched alkanes of at least 4 members (excludes halogenated alkanes) is 2. The number of imide groups is 1. The van der Waals surface area contributed by atoms with E-state index in [1.807, 2.05) is 6.07 Å². The lowest BCUT2D eigenvalue weighted by atomic mass is 10.2. The van der Waals surface area contributed by atoms with Gasteiger partial charge in [-0.25, -0.2) is 9.10 Å². The Kier molecular flexibility index (Phi) is 7.90. The van der Waals surface area contributed by atoms with Gasteiger partial charge in [-0.3, -0.25) is 4.79 Å². The van der Waals surface area contributed by atoms with Gasteiger partial charge in [0, 0.05) is 18.7 Å². The van der Waals surface area contributed by atoms with E-state index >= 15 is 0 Å². The molecule has 0 aliphatic rings. The highest BCUT2D eigenvalue weighted by molar-refractivity contribution is 7.79. The van der Waals surface area contributed by atoms with Crippen LogP contribution in [0.4, 0.5) is 4.79 Å². The lowest BCUT2D eigenvalue weighted by molar-refractivity contribution is 0.0871. The first-order valence-corrected chi connectivity index (χ1v) is 7.89. The molecule has 1 aromatic carbocycles. The third-order valence-corrected chi connectivity index (χ3v) is 3.58. The number of rotatable bonds is 7. The summed E-state index contributed by atoms with van der Waals surface area (Å²) in [6.07, 6.45) is 3.87. The van der Waals surface area contributed by atoms with Crippen molar-refractivity contribution in [3.8, 4) is 0 Å². The molecule has 0 bridgehead atoms. The fourth-order valence-corrected chi connectivity index (χ4v) is 2.17. The van der Waals surface area contributed by atoms with E-state index in [9.17, 15) is 9.59 Å². The quantitative estimate of drug-likeness (QED) is 0.774. The largest absolute Gasteiger partial charge is 0.337 e. The van der Waals surface area contributed by atoms with Crippen molar-refractivity contribution in [1.82, 2.24) is 9.21 Å². The minimum Gasteiger partial charge on any atom is -0.324 e. The molecule has 5 heteroatoms. The van der Waals surface area contributed by atoms with Crippen LogP contribution in [0.15, 0.2) is 30.3 Å². The Morgan fingerprint density at radius 2 is 1.52 bits per heavy atom. The molecule has 0 unspecified atom stereocenters. The summed E-state index contributed by atoms with van der Waals surface area (Å²) in [6.45, 7) is 5.48. The average molecular weight is 308 g/mol. The molecular weight excluding hydrogens is 284 g/mol. The summed E-state index contributed by atoms with van der Waals surface area (Å²) >= 11 is 4.11. The highest BCUT2D eigenvalue weighted by atomic mass is 32.1. The van der Waals surface area contributed by atoms with Gasteiger partial charge in [-0.05, 0) is 25.0 Å². The Labute approximate surface area is 132 Å². The predicted octanol–water partition coefficient (Wildman–Crippen LogP) is 4.00. The number of hydrogen-bond donors (Lipinski definition) is 1. The van der Waals surface area contributed by atoms with Crippen molar-refractivity contribution >= 4 is 24.8 Å². The van der Waals surface area contributed by atoms with E-state index < -0.39 is 0 Å². The zero-order chi connectivity index (χ0) is 15.7. The van der Waals surface area contributed by atoms with Crippen LogP contribution in [0.2, 0.25) is 0 Å². The van der Waals surface area contributed by atoms with Gasteiger partial charge in [-0.15, -0.1) is 0 Å². The number of benzene rings is 1. The summed E-state index contributed by atoms with van der Waals surface area (Å²) in [5, 5.41) is 0. The van der Waals surface area contributed by atoms with E-state index in [-0.39, 0.29) is 11.9 Å². The third kappa shape index (κ3) is 5.42. The smallest absolute Gasteiger partial charge is 0.324 e. The summed E-state index contributed by atoms with van der Waals surface area (Å²) in [6, 6.07) is 8.39. The second-order valence-electron chi connectivity index (χ2n) is 4.96. The number of nitrogens with zero attached hydrogens (tertiary/aromatic N) is 2. The second kappa shape index (κ2) is 9.45. The standard InChI is InChI=1S/C16H24N2O2S/c1-3-5-12-17(13-6-4-2)16(20)18(21)15(19)14-10-8-7-9-11-14/h7-11,21H,3-6,12-13H2,1-2H3. The summed E-state index contributed by atoms with van der Waals surface area (Å²) in [5.74, 6) is -0.387. The lowest BCUT2D eigenvalue weighted by Gasteiger charge is -2.26. The molecule has 1 rings (SSSR count). The van der Waals surface area contributed by atoms with E-state index in [2.05, 4.69) is 26.7 Å². The normalized spacial score (nSPS) is 10.2. The molecule has 0 atom stereocenters. The summed E-state index contributed by atoms with van der Waals surface area (Å²) in [7, 11) is 0. The molecule has 0 fully saturated rings. The SMILES string of the molecule is CCCCN(CCCC)C(=O)N(S)C(=O)c1ccccc1. The van der Waals surface area contributed by atoms with E-state index in [0.717, 1.165) is 30.0 Å². The Bertz CT molecular complexity index is 443. The first kappa shape index (κ1) is 17.6. The molecule has 0 aliphatic heterocycles. The van der Waals surface area contributed by atoms with Crippen LogP contribution in [0.1, 0.15) is 49.9 Å². The molecule has 4 nitrogen and oxygen atoms in total. The molecule has 0 aromatic heterocycles. The molecule has 0 heterocycles. The second-order valence-corrected chi connectivity index (χ2v) is 5.36.